The molecule has 0 unspecified atom stereocenters. The van der Waals surface area contributed by atoms with Crippen molar-refractivity contribution in [2.75, 3.05) is 25.6 Å². The van der Waals surface area contributed by atoms with Crippen molar-refractivity contribution in [3.8, 4) is 0 Å². The normalized spacial score (nSPS) is 24.4. The maximum absolute atomic E-state index is 12.0. The van der Waals surface area contributed by atoms with E-state index in [-0.39, 0.29) is 11.8 Å². The van der Waals surface area contributed by atoms with Gasteiger partial charge in [-0.1, -0.05) is 6.42 Å². The van der Waals surface area contributed by atoms with Gasteiger partial charge in [0.1, 0.15) is 0 Å². The zero-order chi connectivity index (χ0) is 12.1. The van der Waals surface area contributed by atoms with Gasteiger partial charge in [0.25, 0.3) is 0 Å². The van der Waals surface area contributed by atoms with Crippen LogP contribution in [0.4, 0.5) is 0 Å². The summed E-state index contributed by atoms with van der Waals surface area (Å²) in [6, 6.07) is 0. The minimum absolute atomic E-state index is 0.000972. The Morgan fingerprint density at radius 1 is 1.38 bits per heavy atom. The van der Waals surface area contributed by atoms with Gasteiger partial charge in [0, 0.05) is 19.3 Å². The molecule has 1 aliphatic carbocycles. The smallest absolute Gasteiger partial charge is 0.307 e. The van der Waals surface area contributed by atoms with Crippen LogP contribution in [0.15, 0.2) is 0 Å². The molecule has 0 radical (unpaired) electrons. The first-order valence-corrected chi connectivity index (χ1v) is 6.94. The minimum atomic E-state index is -0.825. The van der Waals surface area contributed by atoms with E-state index in [1.54, 1.807) is 23.7 Å². The van der Waals surface area contributed by atoms with E-state index in [0.717, 1.165) is 18.6 Å². The van der Waals surface area contributed by atoms with Gasteiger partial charge in [-0.2, -0.15) is 11.8 Å². The van der Waals surface area contributed by atoms with Gasteiger partial charge in [-0.05, 0) is 19.1 Å². The highest BCUT2D eigenvalue weighted by atomic mass is 32.2. The zero-order valence-corrected chi connectivity index (χ0v) is 10.6. The molecule has 1 rings (SSSR count). The molecule has 4 nitrogen and oxygen atoms in total. The van der Waals surface area contributed by atoms with Gasteiger partial charge >= 0.3 is 5.97 Å². The van der Waals surface area contributed by atoms with Crippen LogP contribution in [0.5, 0.6) is 0 Å². The van der Waals surface area contributed by atoms with Gasteiger partial charge in [0.2, 0.25) is 5.91 Å². The first-order valence-electron chi connectivity index (χ1n) is 5.54. The zero-order valence-electron chi connectivity index (χ0n) is 9.81. The molecule has 0 aliphatic heterocycles. The summed E-state index contributed by atoms with van der Waals surface area (Å²) < 4.78 is 0. The first-order chi connectivity index (χ1) is 7.57. The Kier molecular flexibility index (Phi) is 5.12. The van der Waals surface area contributed by atoms with E-state index >= 15 is 0 Å². The van der Waals surface area contributed by atoms with E-state index in [9.17, 15) is 9.59 Å². The molecular weight excluding hydrogens is 226 g/mol. The maximum atomic E-state index is 12.0. The molecule has 1 amide bonds. The number of aliphatic carboxylic acids is 1. The van der Waals surface area contributed by atoms with Crippen LogP contribution in [-0.4, -0.2) is 47.5 Å². The predicted octanol–water partition coefficient (Wildman–Crippen LogP) is 1.31. The number of thioether (sulfide) groups is 1. The van der Waals surface area contributed by atoms with Gasteiger partial charge in [0.05, 0.1) is 11.8 Å². The molecule has 5 heteroatoms. The molecular formula is C11H19NO3S. The van der Waals surface area contributed by atoms with Crippen molar-refractivity contribution < 1.29 is 14.7 Å². The van der Waals surface area contributed by atoms with Crippen LogP contribution >= 0.6 is 11.8 Å². The van der Waals surface area contributed by atoms with E-state index in [0.29, 0.717) is 13.0 Å². The lowest BCUT2D eigenvalue weighted by atomic mass is 9.95. The molecule has 0 aromatic rings. The van der Waals surface area contributed by atoms with Crippen molar-refractivity contribution >= 4 is 23.6 Å². The highest BCUT2D eigenvalue weighted by Gasteiger charge is 2.38. The molecule has 2 atom stereocenters. The summed E-state index contributed by atoms with van der Waals surface area (Å²) in [5.74, 6) is -0.700. The van der Waals surface area contributed by atoms with Crippen molar-refractivity contribution in [1.29, 1.82) is 0 Å². The highest BCUT2D eigenvalue weighted by molar-refractivity contribution is 7.98. The third-order valence-corrected chi connectivity index (χ3v) is 3.75. The van der Waals surface area contributed by atoms with Crippen LogP contribution < -0.4 is 0 Å². The van der Waals surface area contributed by atoms with E-state index in [1.807, 2.05) is 6.26 Å². The second-order valence-corrected chi connectivity index (χ2v) is 5.22. The van der Waals surface area contributed by atoms with Crippen LogP contribution in [-0.2, 0) is 9.59 Å². The standard InChI is InChI=1S/C11H19NO3S/c1-12(6-7-16-2)10(13)8-4-3-5-9(8)11(14)15/h8-9H,3-7H2,1-2H3,(H,14,15)/t8-,9+/m1/s1. The lowest BCUT2D eigenvalue weighted by molar-refractivity contribution is -0.148. The first kappa shape index (κ1) is 13.4. The third-order valence-electron chi connectivity index (χ3n) is 3.16. The lowest BCUT2D eigenvalue weighted by Gasteiger charge is -2.23. The molecule has 0 aromatic heterocycles. The number of hydrogen-bond acceptors (Lipinski definition) is 3. The van der Waals surface area contributed by atoms with Gasteiger partial charge in [-0.25, -0.2) is 0 Å². The van der Waals surface area contributed by atoms with Crippen LogP contribution in [0.1, 0.15) is 19.3 Å². The summed E-state index contributed by atoms with van der Waals surface area (Å²) in [5.41, 5.74) is 0. The lowest BCUT2D eigenvalue weighted by Crippen LogP contribution is -2.37. The Morgan fingerprint density at radius 2 is 2.00 bits per heavy atom. The van der Waals surface area contributed by atoms with E-state index in [2.05, 4.69) is 0 Å². The number of carboxylic acids is 1. The SMILES string of the molecule is CSCCN(C)C(=O)[C@@H]1CCC[C@@H]1C(=O)O. The fourth-order valence-corrected chi connectivity index (χ4v) is 2.63. The molecule has 1 fully saturated rings. The maximum Gasteiger partial charge on any atom is 0.307 e. The van der Waals surface area contributed by atoms with E-state index in [4.69, 9.17) is 5.11 Å². The monoisotopic (exact) mass is 245 g/mol. The Labute approximate surface area is 100 Å². The van der Waals surface area contributed by atoms with Crippen molar-refractivity contribution in [1.82, 2.24) is 4.90 Å². The fraction of sp³-hybridized carbons (Fsp3) is 0.818. The molecule has 0 bridgehead atoms. The summed E-state index contributed by atoms with van der Waals surface area (Å²) in [5, 5.41) is 9.02. The molecule has 1 aliphatic rings. The number of hydrogen-bond donors (Lipinski definition) is 1. The molecule has 0 saturated heterocycles. The number of carboxylic acid groups (broad SMARTS) is 1. The van der Waals surface area contributed by atoms with Gasteiger partial charge in [-0.15, -0.1) is 0 Å². The summed E-state index contributed by atoms with van der Waals surface area (Å²) in [7, 11) is 1.76. The molecule has 16 heavy (non-hydrogen) atoms. The second-order valence-electron chi connectivity index (χ2n) is 4.23. The summed E-state index contributed by atoms with van der Waals surface area (Å²) >= 11 is 1.69. The molecule has 0 heterocycles. The summed E-state index contributed by atoms with van der Waals surface area (Å²) in [4.78, 5) is 24.7. The Hall–Kier alpha value is -0.710. The average molecular weight is 245 g/mol. The minimum Gasteiger partial charge on any atom is -0.481 e. The number of carbonyl (C=O) groups excluding carboxylic acids is 1. The summed E-state index contributed by atoms with van der Waals surface area (Å²) in [6.07, 6.45) is 4.21. The molecule has 92 valence electrons. The number of nitrogens with zero attached hydrogens (tertiary/aromatic N) is 1. The fourth-order valence-electron chi connectivity index (χ4n) is 2.17. The number of amides is 1. The Morgan fingerprint density at radius 3 is 2.56 bits per heavy atom. The number of rotatable bonds is 5. The van der Waals surface area contributed by atoms with E-state index in [1.165, 1.54) is 0 Å². The topological polar surface area (TPSA) is 57.6 Å². The highest BCUT2D eigenvalue weighted by Crippen LogP contribution is 2.33. The average Bonchev–Trinajstić information content (AvgIpc) is 2.73. The van der Waals surface area contributed by atoms with Gasteiger partial charge in [0.15, 0.2) is 0 Å². The van der Waals surface area contributed by atoms with Crippen molar-refractivity contribution in [3.05, 3.63) is 0 Å². The van der Waals surface area contributed by atoms with Crippen LogP contribution in [0, 0.1) is 11.8 Å². The van der Waals surface area contributed by atoms with Gasteiger partial charge in [-0.3, -0.25) is 9.59 Å². The Balaban J connectivity index is 2.55. The molecule has 1 N–H and O–H groups in total. The van der Waals surface area contributed by atoms with Crippen LogP contribution in [0.25, 0.3) is 0 Å². The quantitative estimate of drug-likeness (QED) is 0.793. The predicted molar refractivity (Wildman–Crippen MR) is 64.5 cm³/mol. The Bertz CT molecular complexity index is 270. The van der Waals surface area contributed by atoms with Crippen molar-refractivity contribution in [3.63, 3.8) is 0 Å². The third kappa shape index (κ3) is 3.14. The van der Waals surface area contributed by atoms with Crippen molar-refractivity contribution in [2.24, 2.45) is 11.8 Å². The van der Waals surface area contributed by atoms with Crippen LogP contribution in [0.3, 0.4) is 0 Å². The van der Waals surface area contributed by atoms with Gasteiger partial charge < -0.3 is 10.0 Å². The van der Waals surface area contributed by atoms with Crippen molar-refractivity contribution in [2.45, 2.75) is 19.3 Å². The molecule has 0 aromatic carbocycles. The van der Waals surface area contributed by atoms with E-state index < -0.39 is 11.9 Å². The second kappa shape index (κ2) is 6.13. The number of carbonyl (C=O) groups is 2. The summed E-state index contributed by atoms with van der Waals surface area (Å²) in [6.45, 7) is 0.697. The largest absolute Gasteiger partial charge is 0.481 e. The molecule has 0 spiro atoms. The van der Waals surface area contributed by atoms with Crippen LogP contribution in [0.2, 0.25) is 0 Å². The molecule has 1 saturated carbocycles.